The summed E-state index contributed by atoms with van der Waals surface area (Å²) in [5.74, 6) is -0.180. The summed E-state index contributed by atoms with van der Waals surface area (Å²) in [5.41, 5.74) is 3.27. The van der Waals surface area contributed by atoms with E-state index in [2.05, 4.69) is 5.32 Å². The molecule has 170 valence electrons. The van der Waals surface area contributed by atoms with Crippen LogP contribution in [0.15, 0.2) is 72.8 Å². The predicted octanol–water partition coefficient (Wildman–Crippen LogP) is 5.44. The summed E-state index contributed by atoms with van der Waals surface area (Å²) in [5, 5.41) is 3.02. The molecule has 0 unspecified atom stereocenters. The molecule has 4 rings (SSSR count). The summed E-state index contributed by atoms with van der Waals surface area (Å²) >= 11 is 0. The van der Waals surface area contributed by atoms with Gasteiger partial charge in [0.05, 0.1) is 18.5 Å². The molecule has 0 aliphatic carbocycles. The van der Waals surface area contributed by atoms with Crippen molar-refractivity contribution >= 4 is 17.5 Å². The van der Waals surface area contributed by atoms with Gasteiger partial charge in [-0.15, -0.1) is 0 Å². The summed E-state index contributed by atoms with van der Waals surface area (Å²) in [6, 6.07) is 21.0. The second-order valence-electron chi connectivity index (χ2n) is 8.22. The number of nitrogens with one attached hydrogen (secondary N) is 1. The fourth-order valence-corrected chi connectivity index (χ4v) is 4.18. The zero-order valence-corrected chi connectivity index (χ0v) is 18.8. The highest BCUT2D eigenvalue weighted by molar-refractivity contribution is 5.96. The molecule has 2 amide bonds. The lowest BCUT2D eigenvalue weighted by molar-refractivity contribution is -0.135. The first-order valence-electron chi connectivity index (χ1n) is 11.1. The van der Waals surface area contributed by atoms with Crippen LogP contribution in [0, 0.1) is 5.82 Å². The zero-order chi connectivity index (χ0) is 23.4. The molecular weight excluding hydrogens is 419 g/mol. The minimum atomic E-state index is -0.317. The summed E-state index contributed by atoms with van der Waals surface area (Å²) in [6.45, 7) is 4.15. The molecule has 5 nitrogen and oxygen atoms in total. The Morgan fingerprint density at radius 1 is 1.06 bits per heavy atom. The van der Waals surface area contributed by atoms with Crippen molar-refractivity contribution in [1.29, 1.82) is 0 Å². The van der Waals surface area contributed by atoms with Gasteiger partial charge in [-0.3, -0.25) is 9.59 Å². The molecule has 0 saturated heterocycles. The lowest BCUT2D eigenvalue weighted by Crippen LogP contribution is -2.34. The van der Waals surface area contributed by atoms with E-state index in [1.54, 1.807) is 29.2 Å². The van der Waals surface area contributed by atoms with Crippen molar-refractivity contribution in [3.05, 3.63) is 95.3 Å². The van der Waals surface area contributed by atoms with E-state index in [1.807, 2.05) is 50.2 Å². The lowest BCUT2D eigenvalue weighted by Gasteiger charge is -2.28. The van der Waals surface area contributed by atoms with Crippen LogP contribution in [0.1, 0.15) is 48.9 Å². The van der Waals surface area contributed by atoms with Gasteiger partial charge in [0.2, 0.25) is 5.91 Å². The molecule has 33 heavy (non-hydrogen) atoms. The number of rotatable bonds is 6. The number of nitrogens with zero attached hydrogens (tertiary/aromatic N) is 1. The van der Waals surface area contributed by atoms with Crippen molar-refractivity contribution in [3.8, 4) is 5.75 Å². The van der Waals surface area contributed by atoms with E-state index in [-0.39, 0.29) is 36.2 Å². The second-order valence-corrected chi connectivity index (χ2v) is 8.22. The van der Waals surface area contributed by atoms with Crippen LogP contribution in [0.2, 0.25) is 0 Å². The lowest BCUT2D eigenvalue weighted by atomic mass is 9.95. The average Bonchev–Trinajstić information content (AvgIpc) is 2.99. The van der Waals surface area contributed by atoms with Crippen LogP contribution < -0.4 is 10.1 Å². The summed E-state index contributed by atoms with van der Waals surface area (Å²) in [7, 11) is 0. The molecule has 3 aromatic rings. The summed E-state index contributed by atoms with van der Waals surface area (Å²) < 4.78 is 19.1. The smallest absolute Gasteiger partial charge is 0.261 e. The van der Waals surface area contributed by atoms with Crippen LogP contribution in [0.5, 0.6) is 5.75 Å². The third-order valence-corrected chi connectivity index (χ3v) is 6.09. The molecule has 1 heterocycles. The summed E-state index contributed by atoms with van der Waals surface area (Å²) in [4.78, 5) is 27.5. The van der Waals surface area contributed by atoms with Crippen molar-refractivity contribution in [2.75, 3.05) is 11.9 Å². The first-order chi connectivity index (χ1) is 16.0. The Labute approximate surface area is 193 Å². The number of anilines is 1. The monoisotopic (exact) mass is 446 g/mol. The average molecular weight is 447 g/mol. The quantitative estimate of drug-likeness (QED) is 0.549. The van der Waals surface area contributed by atoms with Gasteiger partial charge in [0.15, 0.2) is 6.61 Å². The molecule has 2 atom stereocenters. The fourth-order valence-electron chi connectivity index (χ4n) is 4.18. The predicted molar refractivity (Wildman–Crippen MR) is 125 cm³/mol. The molecule has 1 aliphatic rings. The summed E-state index contributed by atoms with van der Waals surface area (Å²) in [6.07, 6.45) is 0.682. The normalized spacial score (nSPS) is 15.1. The van der Waals surface area contributed by atoms with E-state index in [1.165, 1.54) is 12.1 Å². The number of fused-ring (bicyclic) bond motifs is 1. The molecule has 0 saturated carbocycles. The van der Waals surface area contributed by atoms with Crippen LogP contribution in [0.25, 0.3) is 0 Å². The molecule has 3 aromatic carbocycles. The van der Waals surface area contributed by atoms with E-state index in [4.69, 9.17) is 4.74 Å². The molecule has 0 radical (unpaired) electrons. The number of halogens is 1. The topological polar surface area (TPSA) is 58.6 Å². The van der Waals surface area contributed by atoms with Crippen LogP contribution >= 0.6 is 0 Å². The Balaban J connectivity index is 1.55. The molecule has 1 aliphatic heterocycles. The highest BCUT2D eigenvalue weighted by Crippen LogP contribution is 2.32. The number of hydrogen-bond donors (Lipinski definition) is 1. The van der Waals surface area contributed by atoms with Gasteiger partial charge in [0.25, 0.3) is 5.91 Å². The number of hydrogen-bond acceptors (Lipinski definition) is 3. The van der Waals surface area contributed by atoms with Crippen LogP contribution in [0.3, 0.4) is 0 Å². The van der Waals surface area contributed by atoms with Crippen LogP contribution in [-0.4, -0.2) is 23.3 Å². The number of amides is 2. The Bertz CT molecular complexity index is 1130. The zero-order valence-electron chi connectivity index (χ0n) is 18.8. The third-order valence-electron chi connectivity index (χ3n) is 6.09. The van der Waals surface area contributed by atoms with E-state index < -0.39 is 0 Å². The van der Waals surface area contributed by atoms with Gasteiger partial charge in [0.1, 0.15) is 11.6 Å². The van der Waals surface area contributed by atoms with Crippen molar-refractivity contribution in [1.82, 2.24) is 4.90 Å². The number of ether oxygens (including phenoxy) is 1. The maximum atomic E-state index is 13.3. The molecule has 0 bridgehead atoms. The number of carbonyl (C=O) groups excluding carboxylic acids is 2. The van der Waals surface area contributed by atoms with E-state index in [9.17, 15) is 14.0 Å². The van der Waals surface area contributed by atoms with Gasteiger partial charge in [0, 0.05) is 11.3 Å². The SMILES string of the molecule is CC[C@H](C(=O)Nc1ccc2c(c1)CN([C@H](C)c1ccc(F)cc1)C(=O)CO2)c1ccccc1. The van der Waals surface area contributed by atoms with Gasteiger partial charge in [-0.2, -0.15) is 0 Å². The first-order valence-corrected chi connectivity index (χ1v) is 11.1. The molecule has 1 N–H and O–H groups in total. The Morgan fingerprint density at radius 3 is 2.48 bits per heavy atom. The Kier molecular flexibility index (Phi) is 6.73. The van der Waals surface area contributed by atoms with Gasteiger partial charge >= 0.3 is 0 Å². The molecule has 6 heteroatoms. The first kappa shape index (κ1) is 22.5. The van der Waals surface area contributed by atoms with Crippen molar-refractivity contribution in [2.45, 2.75) is 38.8 Å². The van der Waals surface area contributed by atoms with Crippen LogP contribution in [0.4, 0.5) is 10.1 Å². The van der Waals surface area contributed by atoms with Gasteiger partial charge in [-0.25, -0.2) is 4.39 Å². The van der Waals surface area contributed by atoms with Crippen molar-refractivity contribution in [3.63, 3.8) is 0 Å². The van der Waals surface area contributed by atoms with Crippen molar-refractivity contribution < 1.29 is 18.7 Å². The molecule has 0 spiro atoms. The minimum Gasteiger partial charge on any atom is -0.483 e. The maximum Gasteiger partial charge on any atom is 0.261 e. The molecule has 0 aromatic heterocycles. The Morgan fingerprint density at radius 2 is 1.79 bits per heavy atom. The third kappa shape index (κ3) is 5.06. The van der Waals surface area contributed by atoms with Gasteiger partial charge in [-0.05, 0) is 54.8 Å². The minimum absolute atomic E-state index is 0.0733. The van der Waals surface area contributed by atoms with Crippen molar-refractivity contribution in [2.24, 2.45) is 0 Å². The van der Waals surface area contributed by atoms with E-state index >= 15 is 0 Å². The number of carbonyl (C=O) groups is 2. The largest absolute Gasteiger partial charge is 0.483 e. The van der Waals surface area contributed by atoms with Gasteiger partial charge in [-0.1, -0.05) is 49.4 Å². The second kappa shape index (κ2) is 9.86. The number of benzene rings is 3. The Hall–Kier alpha value is -3.67. The highest BCUT2D eigenvalue weighted by atomic mass is 19.1. The fraction of sp³-hybridized carbons (Fsp3) is 0.259. The molecule has 0 fully saturated rings. The van der Waals surface area contributed by atoms with E-state index in [0.29, 0.717) is 24.4 Å². The van der Waals surface area contributed by atoms with E-state index in [0.717, 1.165) is 16.7 Å². The standard InChI is InChI=1S/C27H27FN2O3/c1-3-24(20-7-5-4-6-8-20)27(32)29-23-13-14-25-21(15-23)16-30(26(31)17-33-25)18(2)19-9-11-22(28)12-10-19/h4-15,18,24H,3,16-17H2,1-2H3,(H,29,32)/t18-,24+/m1/s1. The molecular formula is C27H27FN2O3. The highest BCUT2D eigenvalue weighted by Gasteiger charge is 2.27. The maximum absolute atomic E-state index is 13.3. The van der Waals surface area contributed by atoms with Crippen LogP contribution in [-0.2, 0) is 16.1 Å². The van der Waals surface area contributed by atoms with Gasteiger partial charge < -0.3 is 15.0 Å².